The first kappa shape index (κ1) is 8.70. The van der Waals surface area contributed by atoms with Crippen molar-refractivity contribution in [2.75, 3.05) is 6.54 Å². The molecule has 0 aromatic rings. The third-order valence-electron chi connectivity index (χ3n) is 1.84. The molecule has 1 heteroatoms. The quantitative estimate of drug-likeness (QED) is 0.576. The Morgan fingerprint density at radius 1 is 1.56 bits per heavy atom. The van der Waals surface area contributed by atoms with Crippen molar-refractivity contribution >= 4 is 0 Å². The van der Waals surface area contributed by atoms with Crippen molar-refractivity contribution in [3.63, 3.8) is 0 Å². The molecule has 0 aromatic carbocycles. The molecule has 1 atom stereocenters. The van der Waals surface area contributed by atoms with Gasteiger partial charge in [-0.3, -0.25) is 0 Å². The highest BCUT2D eigenvalue weighted by Crippen LogP contribution is 2.20. The van der Waals surface area contributed by atoms with Gasteiger partial charge in [0, 0.05) is 6.54 Å². The fraction of sp³-hybridized carbons (Fsp3) is 0.750. The van der Waals surface area contributed by atoms with E-state index in [0.717, 1.165) is 13.0 Å². The van der Waals surface area contributed by atoms with Crippen LogP contribution in [0.2, 0.25) is 0 Å². The zero-order chi connectivity index (χ0) is 7.33. The summed E-state index contributed by atoms with van der Waals surface area (Å²) in [5.74, 6) is 0. The number of allylic oxidation sites excluding steroid dienone is 1. The third-order valence-corrected chi connectivity index (χ3v) is 1.84. The number of hydrogen-bond acceptors (Lipinski definition) is 1. The van der Waals surface area contributed by atoms with Crippen molar-refractivity contribution in [3.8, 4) is 0 Å². The van der Waals surface area contributed by atoms with E-state index in [4.69, 9.17) is 5.73 Å². The maximum Gasteiger partial charge on any atom is 0.00114 e. The molecule has 0 fully saturated rings. The van der Waals surface area contributed by atoms with Gasteiger partial charge in [0.2, 0.25) is 0 Å². The third kappa shape index (κ3) is 2.66. The highest BCUT2D eigenvalue weighted by Gasteiger charge is 2.14. The van der Waals surface area contributed by atoms with Gasteiger partial charge >= 0.3 is 0 Å². The lowest BCUT2D eigenvalue weighted by Crippen LogP contribution is -2.23. The average Bonchev–Trinajstić information content (AvgIpc) is 1.89. The van der Waals surface area contributed by atoms with Gasteiger partial charge in [0.05, 0.1) is 0 Å². The Kier molecular flexibility index (Phi) is 3.55. The predicted molar refractivity (Wildman–Crippen MR) is 42.3 cm³/mol. The maximum absolute atomic E-state index is 5.55. The monoisotopic (exact) mass is 127 g/mol. The molecule has 0 bridgehead atoms. The van der Waals surface area contributed by atoms with E-state index in [9.17, 15) is 0 Å². The Balaban J connectivity index is 3.92. The van der Waals surface area contributed by atoms with E-state index in [1.54, 1.807) is 0 Å². The van der Waals surface area contributed by atoms with Gasteiger partial charge < -0.3 is 5.73 Å². The maximum atomic E-state index is 5.55. The Morgan fingerprint density at radius 3 is 2.22 bits per heavy atom. The van der Waals surface area contributed by atoms with Crippen LogP contribution >= 0.6 is 0 Å². The van der Waals surface area contributed by atoms with E-state index in [2.05, 4.69) is 26.0 Å². The summed E-state index contributed by atoms with van der Waals surface area (Å²) < 4.78 is 0. The van der Waals surface area contributed by atoms with Gasteiger partial charge in [0.1, 0.15) is 0 Å². The van der Waals surface area contributed by atoms with Crippen molar-refractivity contribution in [2.45, 2.75) is 27.2 Å². The van der Waals surface area contributed by atoms with Crippen LogP contribution in [0, 0.1) is 5.41 Å². The van der Waals surface area contributed by atoms with E-state index in [1.807, 2.05) is 6.92 Å². The molecule has 0 heterocycles. The molecule has 1 nitrogen and oxygen atoms in total. The summed E-state index contributed by atoms with van der Waals surface area (Å²) in [5.41, 5.74) is 5.78. The van der Waals surface area contributed by atoms with Crippen LogP contribution in [0.15, 0.2) is 12.2 Å². The van der Waals surface area contributed by atoms with Gasteiger partial charge in [-0.05, 0) is 18.8 Å². The van der Waals surface area contributed by atoms with Gasteiger partial charge in [0.15, 0.2) is 0 Å². The first-order valence-electron chi connectivity index (χ1n) is 3.52. The average molecular weight is 127 g/mol. The molecular weight excluding hydrogens is 110 g/mol. The van der Waals surface area contributed by atoms with Crippen molar-refractivity contribution in [1.82, 2.24) is 0 Å². The fourth-order valence-electron chi connectivity index (χ4n) is 0.733. The lowest BCUT2D eigenvalue weighted by atomic mass is 9.87. The molecule has 0 aromatic heterocycles. The van der Waals surface area contributed by atoms with Crippen LogP contribution in [0.3, 0.4) is 0 Å². The molecule has 0 spiro atoms. The topological polar surface area (TPSA) is 26.0 Å². The zero-order valence-electron chi connectivity index (χ0n) is 6.65. The molecule has 0 aliphatic rings. The Hall–Kier alpha value is -0.300. The SMILES string of the molecule is C/C=C\C(C)(CC)CN. The van der Waals surface area contributed by atoms with Crippen LogP contribution in [-0.4, -0.2) is 6.54 Å². The second-order valence-electron chi connectivity index (χ2n) is 2.71. The van der Waals surface area contributed by atoms with E-state index in [0.29, 0.717) is 0 Å². The second-order valence-corrected chi connectivity index (χ2v) is 2.71. The number of hydrogen-bond donors (Lipinski definition) is 1. The van der Waals surface area contributed by atoms with Crippen molar-refractivity contribution in [3.05, 3.63) is 12.2 Å². The lowest BCUT2D eigenvalue weighted by Gasteiger charge is -2.20. The molecule has 9 heavy (non-hydrogen) atoms. The van der Waals surface area contributed by atoms with Gasteiger partial charge in [-0.15, -0.1) is 0 Å². The van der Waals surface area contributed by atoms with Crippen LogP contribution in [0.1, 0.15) is 27.2 Å². The summed E-state index contributed by atoms with van der Waals surface area (Å²) in [7, 11) is 0. The van der Waals surface area contributed by atoms with Crippen molar-refractivity contribution < 1.29 is 0 Å². The summed E-state index contributed by atoms with van der Waals surface area (Å²) in [6.45, 7) is 7.11. The molecule has 1 unspecified atom stereocenters. The first-order chi connectivity index (χ1) is 4.18. The summed E-state index contributed by atoms with van der Waals surface area (Å²) >= 11 is 0. The molecule has 0 rings (SSSR count). The predicted octanol–water partition coefficient (Wildman–Crippen LogP) is 1.94. The molecule has 0 aliphatic carbocycles. The van der Waals surface area contributed by atoms with Crippen LogP contribution in [0.5, 0.6) is 0 Å². The first-order valence-corrected chi connectivity index (χ1v) is 3.52. The molecule has 54 valence electrons. The smallest absolute Gasteiger partial charge is 0.00114 e. The summed E-state index contributed by atoms with van der Waals surface area (Å²) in [6, 6.07) is 0. The minimum absolute atomic E-state index is 0.231. The standard InChI is InChI=1S/C8H17N/c1-4-6-8(3,5-2)7-9/h4,6H,5,7,9H2,1-3H3/b6-4-. The summed E-state index contributed by atoms with van der Waals surface area (Å²) in [4.78, 5) is 0. The van der Waals surface area contributed by atoms with Gasteiger partial charge in [-0.1, -0.05) is 26.0 Å². The number of rotatable bonds is 3. The van der Waals surface area contributed by atoms with Gasteiger partial charge in [-0.25, -0.2) is 0 Å². The molecule has 2 N–H and O–H groups in total. The largest absolute Gasteiger partial charge is 0.330 e. The Morgan fingerprint density at radius 2 is 2.11 bits per heavy atom. The van der Waals surface area contributed by atoms with Crippen molar-refractivity contribution in [1.29, 1.82) is 0 Å². The molecule has 0 amide bonds. The molecule has 0 aliphatic heterocycles. The van der Waals surface area contributed by atoms with E-state index in [1.165, 1.54) is 0 Å². The van der Waals surface area contributed by atoms with E-state index < -0.39 is 0 Å². The highest BCUT2D eigenvalue weighted by atomic mass is 14.6. The van der Waals surface area contributed by atoms with Crippen LogP contribution < -0.4 is 5.73 Å². The van der Waals surface area contributed by atoms with Gasteiger partial charge in [0.25, 0.3) is 0 Å². The van der Waals surface area contributed by atoms with E-state index >= 15 is 0 Å². The molecule has 0 saturated heterocycles. The number of nitrogens with two attached hydrogens (primary N) is 1. The molecule has 0 radical (unpaired) electrons. The Labute approximate surface area is 57.9 Å². The van der Waals surface area contributed by atoms with Crippen LogP contribution in [0.25, 0.3) is 0 Å². The Bertz CT molecular complexity index is 90.7. The van der Waals surface area contributed by atoms with Gasteiger partial charge in [-0.2, -0.15) is 0 Å². The normalized spacial score (nSPS) is 18.2. The van der Waals surface area contributed by atoms with Crippen LogP contribution in [0.4, 0.5) is 0 Å². The zero-order valence-corrected chi connectivity index (χ0v) is 6.65. The minimum Gasteiger partial charge on any atom is -0.330 e. The highest BCUT2D eigenvalue weighted by molar-refractivity contribution is 4.95. The van der Waals surface area contributed by atoms with Crippen LogP contribution in [-0.2, 0) is 0 Å². The molecular formula is C8H17N. The molecule has 0 saturated carbocycles. The van der Waals surface area contributed by atoms with E-state index in [-0.39, 0.29) is 5.41 Å². The summed E-state index contributed by atoms with van der Waals surface area (Å²) in [5, 5.41) is 0. The lowest BCUT2D eigenvalue weighted by molar-refractivity contribution is 0.424. The second kappa shape index (κ2) is 3.67. The minimum atomic E-state index is 0.231. The summed E-state index contributed by atoms with van der Waals surface area (Å²) in [6.07, 6.45) is 5.36. The van der Waals surface area contributed by atoms with Crippen molar-refractivity contribution in [2.24, 2.45) is 11.1 Å². The fourth-order valence-corrected chi connectivity index (χ4v) is 0.733.